The maximum atomic E-state index is 3.76. The van der Waals surface area contributed by atoms with Gasteiger partial charge in [0.1, 0.15) is 0 Å². The van der Waals surface area contributed by atoms with Crippen molar-refractivity contribution >= 4 is 0 Å². The number of allylic oxidation sites excluding steroid dienone is 3. The van der Waals surface area contributed by atoms with Crippen LogP contribution < -0.4 is 0 Å². The molecule has 0 aliphatic heterocycles. The first kappa shape index (κ1) is 14.8. The van der Waals surface area contributed by atoms with Crippen LogP contribution in [-0.4, -0.2) is 0 Å². The maximum Gasteiger partial charge on any atom is 0.0180 e. The summed E-state index contributed by atoms with van der Waals surface area (Å²) in [6.45, 7) is 8.40. The monoisotopic (exact) mass is 288 g/mol. The number of rotatable bonds is 4. The SMILES string of the molecule is C=C/C=C\C(C)c1ccc2c(c1)C(C)(c1ccccc1)CC2. The molecule has 2 unspecified atom stereocenters. The molecule has 0 spiro atoms. The van der Waals surface area contributed by atoms with Crippen LogP contribution >= 0.6 is 0 Å². The van der Waals surface area contributed by atoms with Gasteiger partial charge in [-0.25, -0.2) is 0 Å². The Bertz CT molecular complexity index is 693. The van der Waals surface area contributed by atoms with Gasteiger partial charge in [-0.2, -0.15) is 0 Å². The third kappa shape index (κ3) is 2.54. The zero-order chi connectivity index (χ0) is 15.6. The standard InChI is InChI=1S/C22H24/c1-4-5-9-17(2)19-13-12-18-14-15-22(3,21(18)16-19)20-10-7-6-8-11-20/h4-13,16-17H,1,14-15H2,2-3H3/b9-5-. The minimum atomic E-state index is 0.147. The number of hydrogen-bond acceptors (Lipinski definition) is 0. The molecule has 2 aromatic rings. The Morgan fingerprint density at radius 1 is 1.14 bits per heavy atom. The lowest BCUT2D eigenvalue weighted by atomic mass is 9.76. The van der Waals surface area contributed by atoms with Gasteiger partial charge >= 0.3 is 0 Å². The van der Waals surface area contributed by atoms with E-state index in [2.05, 4.69) is 75.0 Å². The summed E-state index contributed by atoms with van der Waals surface area (Å²) in [7, 11) is 0. The van der Waals surface area contributed by atoms with Crippen LogP contribution in [-0.2, 0) is 11.8 Å². The van der Waals surface area contributed by atoms with E-state index in [1.807, 2.05) is 12.2 Å². The molecule has 2 aromatic carbocycles. The molecule has 1 aliphatic rings. The average Bonchev–Trinajstić information content (AvgIpc) is 2.91. The van der Waals surface area contributed by atoms with Crippen LogP contribution in [0.15, 0.2) is 73.3 Å². The molecule has 0 aromatic heterocycles. The number of fused-ring (bicyclic) bond motifs is 1. The molecule has 1 aliphatic carbocycles. The molecule has 0 amide bonds. The lowest BCUT2D eigenvalue weighted by Crippen LogP contribution is -2.20. The fraction of sp³-hybridized carbons (Fsp3) is 0.273. The average molecular weight is 288 g/mol. The van der Waals surface area contributed by atoms with Crippen LogP contribution in [0.3, 0.4) is 0 Å². The fourth-order valence-electron chi connectivity index (χ4n) is 3.59. The van der Waals surface area contributed by atoms with Crippen LogP contribution in [0.1, 0.15) is 48.4 Å². The Hall–Kier alpha value is -2.08. The van der Waals surface area contributed by atoms with Gasteiger partial charge in [0.15, 0.2) is 0 Å². The Morgan fingerprint density at radius 3 is 2.64 bits per heavy atom. The van der Waals surface area contributed by atoms with Gasteiger partial charge < -0.3 is 0 Å². The highest BCUT2D eigenvalue weighted by Gasteiger charge is 2.35. The second kappa shape index (κ2) is 5.96. The lowest BCUT2D eigenvalue weighted by Gasteiger charge is -2.27. The summed E-state index contributed by atoms with van der Waals surface area (Å²) in [5, 5.41) is 0. The van der Waals surface area contributed by atoms with Gasteiger partial charge in [-0.1, -0.05) is 87.2 Å². The summed E-state index contributed by atoms with van der Waals surface area (Å²) in [4.78, 5) is 0. The van der Waals surface area contributed by atoms with Crippen LogP contribution in [0.2, 0.25) is 0 Å². The van der Waals surface area contributed by atoms with Crippen molar-refractivity contribution < 1.29 is 0 Å². The topological polar surface area (TPSA) is 0 Å². The van der Waals surface area contributed by atoms with Gasteiger partial charge in [-0.05, 0) is 41.0 Å². The third-order valence-corrected chi connectivity index (χ3v) is 5.10. The molecular formula is C22H24. The maximum absolute atomic E-state index is 3.76. The molecule has 3 rings (SSSR count). The van der Waals surface area contributed by atoms with E-state index >= 15 is 0 Å². The molecule has 0 fully saturated rings. The molecule has 112 valence electrons. The number of hydrogen-bond donors (Lipinski definition) is 0. The molecule has 0 bridgehead atoms. The van der Waals surface area contributed by atoms with E-state index < -0.39 is 0 Å². The quantitative estimate of drug-likeness (QED) is 0.625. The molecule has 2 atom stereocenters. The normalized spacial score (nSPS) is 21.7. The van der Waals surface area contributed by atoms with Crippen LogP contribution in [0, 0.1) is 0 Å². The lowest BCUT2D eigenvalue weighted by molar-refractivity contribution is 0.565. The van der Waals surface area contributed by atoms with Gasteiger partial charge in [0.05, 0.1) is 0 Å². The Morgan fingerprint density at radius 2 is 1.91 bits per heavy atom. The van der Waals surface area contributed by atoms with Crippen molar-refractivity contribution in [3.63, 3.8) is 0 Å². The van der Waals surface area contributed by atoms with E-state index in [-0.39, 0.29) is 5.41 Å². The molecule has 0 saturated carbocycles. The summed E-state index contributed by atoms with van der Waals surface area (Å²) < 4.78 is 0. The highest BCUT2D eigenvalue weighted by atomic mass is 14.4. The van der Waals surface area contributed by atoms with Crippen LogP contribution in [0.25, 0.3) is 0 Å². The third-order valence-electron chi connectivity index (χ3n) is 5.10. The van der Waals surface area contributed by atoms with Gasteiger partial charge in [0.25, 0.3) is 0 Å². The van der Waals surface area contributed by atoms with E-state index in [0.717, 1.165) is 0 Å². The van der Waals surface area contributed by atoms with Crippen molar-refractivity contribution in [3.8, 4) is 0 Å². The van der Waals surface area contributed by atoms with Gasteiger partial charge in [-0.3, -0.25) is 0 Å². The van der Waals surface area contributed by atoms with Crippen molar-refractivity contribution in [2.45, 2.75) is 38.0 Å². The summed E-state index contributed by atoms with van der Waals surface area (Å²) in [5.74, 6) is 0.420. The Kier molecular flexibility index (Phi) is 4.02. The highest BCUT2D eigenvalue weighted by molar-refractivity contribution is 5.49. The van der Waals surface area contributed by atoms with Crippen molar-refractivity contribution in [2.24, 2.45) is 0 Å². The largest absolute Gasteiger partial charge is 0.0991 e. The predicted octanol–water partition coefficient (Wildman–Crippen LogP) is 5.78. The Labute approximate surface area is 134 Å². The molecule has 0 N–H and O–H groups in total. The summed E-state index contributed by atoms with van der Waals surface area (Å²) >= 11 is 0. The zero-order valence-electron chi connectivity index (χ0n) is 13.5. The molecule has 0 heterocycles. The first-order chi connectivity index (χ1) is 10.6. The minimum absolute atomic E-state index is 0.147. The van der Waals surface area contributed by atoms with Gasteiger partial charge in [0.2, 0.25) is 0 Å². The molecular weight excluding hydrogens is 264 g/mol. The minimum Gasteiger partial charge on any atom is -0.0991 e. The molecule has 0 saturated heterocycles. The first-order valence-electron chi connectivity index (χ1n) is 8.13. The second-order valence-electron chi connectivity index (χ2n) is 6.52. The van der Waals surface area contributed by atoms with E-state index in [9.17, 15) is 0 Å². The van der Waals surface area contributed by atoms with Crippen molar-refractivity contribution in [3.05, 3.63) is 95.6 Å². The molecule has 22 heavy (non-hydrogen) atoms. The summed E-state index contributed by atoms with van der Waals surface area (Å²) in [6, 6.07) is 18.0. The van der Waals surface area contributed by atoms with E-state index in [0.29, 0.717) is 5.92 Å². The summed E-state index contributed by atoms with van der Waals surface area (Å²) in [6.07, 6.45) is 8.47. The number of aryl methyl sites for hydroxylation is 1. The van der Waals surface area contributed by atoms with E-state index in [1.165, 1.54) is 35.1 Å². The molecule has 0 nitrogen and oxygen atoms in total. The number of benzene rings is 2. The summed E-state index contributed by atoms with van der Waals surface area (Å²) in [5.41, 5.74) is 5.99. The first-order valence-corrected chi connectivity index (χ1v) is 8.13. The van der Waals surface area contributed by atoms with E-state index in [4.69, 9.17) is 0 Å². The van der Waals surface area contributed by atoms with Crippen molar-refractivity contribution in [1.29, 1.82) is 0 Å². The predicted molar refractivity (Wildman–Crippen MR) is 95.4 cm³/mol. The van der Waals surface area contributed by atoms with Crippen molar-refractivity contribution in [1.82, 2.24) is 0 Å². The zero-order valence-corrected chi connectivity index (χ0v) is 13.5. The fourth-order valence-corrected chi connectivity index (χ4v) is 3.59. The Balaban J connectivity index is 2.03. The van der Waals surface area contributed by atoms with E-state index in [1.54, 1.807) is 0 Å². The van der Waals surface area contributed by atoms with Crippen molar-refractivity contribution in [2.75, 3.05) is 0 Å². The highest BCUT2D eigenvalue weighted by Crippen LogP contribution is 2.44. The smallest absolute Gasteiger partial charge is 0.0180 e. The van der Waals surface area contributed by atoms with Gasteiger partial charge in [0, 0.05) is 5.41 Å². The van der Waals surface area contributed by atoms with Crippen LogP contribution in [0.5, 0.6) is 0 Å². The van der Waals surface area contributed by atoms with Gasteiger partial charge in [-0.15, -0.1) is 0 Å². The molecule has 0 radical (unpaired) electrons. The molecule has 0 heteroatoms. The van der Waals surface area contributed by atoms with Crippen LogP contribution in [0.4, 0.5) is 0 Å². The second-order valence-corrected chi connectivity index (χ2v) is 6.52.